The Bertz CT molecular complexity index is 1010. The van der Waals surface area contributed by atoms with E-state index in [2.05, 4.69) is 10.2 Å². The highest BCUT2D eigenvalue weighted by atomic mass is 16.2. The van der Waals surface area contributed by atoms with Gasteiger partial charge >= 0.3 is 0 Å². The maximum atomic E-state index is 13.6. The molecule has 2 saturated heterocycles. The van der Waals surface area contributed by atoms with Crippen molar-refractivity contribution in [3.05, 3.63) is 72.3 Å². The molecule has 33 heavy (non-hydrogen) atoms. The highest BCUT2D eigenvalue weighted by Gasteiger charge is 2.54. The number of likely N-dealkylation sites (N-methyl/N-ethyl adjacent to an activating group) is 1. The van der Waals surface area contributed by atoms with Crippen LogP contribution in [0.25, 0.3) is 6.08 Å². The molecule has 2 aromatic rings. The quantitative estimate of drug-likeness (QED) is 0.692. The summed E-state index contributed by atoms with van der Waals surface area (Å²) in [5, 5.41) is 2.78. The number of anilines is 1. The van der Waals surface area contributed by atoms with Crippen LogP contribution in [0.1, 0.15) is 25.3 Å². The Morgan fingerprint density at radius 2 is 1.64 bits per heavy atom. The van der Waals surface area contributed by atoms with Crippen LogP contribution in [0, 0.1) is 0 Å². The van der Waals surface area contributed by atoms with Crippen molar-refractivity contribution in [2.45, 2.75) is 25.3 Å². The summed E-state index contributed by atoms with van der Waals surface area (Å²) in [5.74, 6) is -0.247. The maximum absolute atomic E-state index is 13.6. The average Bonchev–Trinajstić information content (AvgIpc) is 3.10. The molecule has 4 rings (SSSR count). The van der Waals surface area contributed by atoms with E-state index < -0.39 is 5.54 Å². The van der Waals surface area contributed by atoms with Crippen molar-refractivity contribution >= 4 is 29.5 Å². The van der Waals surface area contributed by atoms with Gasteiger partial charge in [-0.05, 0) is 43.5 Å². The molecule has 2 aliphatic rings. The van der Waals surface area contributed by atoms with Crippen molar-refractivity contribution in [1.29, 1.82) is 0 Å². The Kier molecular flexibility index (Phi) is 6.77. The van der Waals surface area contributed by atoms with Gasteiger partial charge in [-0.25, -0.2) is 0 Å². The lowest BCUT2D eigenvalue weighted by atomic mass is 9.85. The van der Waals surface area contributed by atoms with Crippen molar-refractivity contribution in [2.75, 3.05) is 37.7 Å². The summed E-state index contributed by atoms with van der Waals surface area (Å²) in [6.07, 6.45) is 4.47. The highest BCUT2D eigenvalue weighted by molar-refractivity contribution is 5.97. The number of piperidine rings is 1. The normalized spacial score (nSPS) is 17.7. The molecule has 7 heteroatoms. The summed E-state index contributed by atoms with van der Waals surface area (Å²) in [7, 11) is 0. The predicted octanol–water partition coefficient (Wildman–Crippen LogP) is 2.50. The number of nitrogens with one attached hydrogen (secondary N) is 1. The monoisotopic (exact) mass is 446 g/mol. The molecule has 172 valence electrons. The van der Waals surface area contributed by atoms with Gasteiger partial charge in [-0.2, -0.15) is 0 Å². The summed E-state index contributed by atoms with van der Waals surface area (Å²) < 4.78 is 0. The van der Waals surface area contributed by atoms with E-state index in [1.807, 2.05) is 73.7 Å². The highest BCUT2D eigenvalue weighted by Crippen LogP contribution is 2.39. The van der Waals surface area contributed by atoms with Crippen LogP contribution in [0.4, 0.5) is 5.69 Å². The van der Waals surface area contributed by atoms with E-state index in [9.17, 15) is 14.4 Å². The Morgan fingerprint density at radius 3 is 2.27 bits per heavy atom. The lowest BCUT2D eigenvalue weighted by molar-refractivity contribution is -0.138. The second kappa shape index (κ2) is 9.90. The Morgan fingerprint density at radius 1 is 1.00 bits per heavy atom. The number of rotatable bonds is 6. The van der Waals surface area contributed by atoms with Crippen LogP contribution in [0.5, 0.6) is 0 Å². The van der Waals surface area contributed by atoms with E-state index in [0.29, 0.717) is 39.1 Å². The van der Waals surface area contributed by atoms with Crippen molar-refractivity contribution in [3.63, 3.8) is 0 Å². The van der Waals surface area contributed by atoms with Gasteiger partial charge in [0, 0.05) is 31.4 Å². The van der Waals surface area contributed by atoms with Crippen LogP contribution in [0.3, 0.4) is 0 Å². The van der Waals surface area contributed by atoms with E-state index in [1.165, 1.54) is 0 Å². The van der Waals surface area contributed by atoms with Gasteiger partial charge < -0.3 is 20.0 Å². The average molecular weight is 447 g/mol. The molecule has 0 bridgehead atoms. The Labute approximate surface area is 194 Å². The number of benzene rings is 2. The summed E-state index contributed by atoms with van der Waals surface area (Å²) in [5.41, 5.74) is 1.18. The van der Waals surface area contributed by atoms with Gasteiger partial charge in [0.15, 0.2) is 0 Å². The smallest absolute Gasteiger partial charge is 0.250 e. The van der Waals surface area contributed by atoms with Gasteiger partial charge in [0.2, 0.25) is 11.8 Å². The molecule has 2 aromatic carbocycles. The fourth-order valence-electron chi connectivity index (χ4n) is 4.68. The molecule has 0 aliphatic carbocycles. The van der Waals surface area contributed by atoms with Crippen molar-refractivity contribution < 1.29 is 14.4 Å². The topological polar surface area (TPSA) is 73.0 Å². The number of carbonyl (C=O) groups excluding carboxylic acids is 3. The summed E-state index contributed by atoms with van der Waals surface area (Å²) >= 11 is 0. The lowest BCUT2D eigenvalue weighted by Crippen LogP contribution is -2.57. The zero-order chi connectivity index (χ0) is 23.3. The minimum atomic E-state index is -0.742. The van der Waals surface area contributed by atoms with Gasteiger partial charge in [0.25, 0.3) is 5.91 Å². The van der Waals surface area contributed by atoms with E-state index in [1.54, 1.807) is 15.9 Å². The molecule has 1 spiro atoms. The molecule has 1 N–H and O–H groups in total. The zero-order valence-electron chi connectivity index (χ0n) is 18.9. The Balaban J connectivity index is 1.50. The molecule has 0 atom stereocenters. The molecule has 2 heterocycles. The maximum Gasteiger partial charge on any atom is 0.250 e. The third-order valence-electron chi connectivity index (χ3n) is 6.41. The van der Waals surface area contributed by atoms with Crippen molar-refractivity contribution in [1.82, 2.24) is 15.1 Å². The van der Waals surface area contributed by atoms with Crippen molar-refractivity contribution in [3.8, 4) is 0 Å². The number of amides is 3. The van der Waals surface area contributed by atoms with E-state index in [0.717, 1.165) is 11.3 Å². The molecular weight excluding hydrogens is 416 g/mol. The van der Waals surface area contributed by atoms with E-state index in [4.69, 9.17) is 0 Å². The number of nitrogens with zero attached hydrogens (tertiary/aromatic N) is 3. The largest absolute Gasteiger partial charge is 0.355 e. The molecule has 3 amide bonds. The molecule has 2 aliphatic heterocycles. The van der Waals surface area contributed by atoms with Crippen LogP contribution in [-0.2, 0) is 14.4 Å². The second-order valence-corrected chi connectivity index (χ2v) is 8.46. The SMILES string of the molecule is CCNC(=O)CN1CN(c2ccccc2)C2(CCN(C(=O)C=Cc3ccccc3)CC2)C1=O. The number of hydrogen-bond donors (Lipinski definition) is 1. The first-order valence-corrected chi connectivity index (χ1v) is 11.4. The zero-order valence-corrected chi connectivity index (χ0v) is 18.9. The first-order valence-electron chi connectivity index (χ1n) is 11.4. The number of carbonyl (C=O) groups is 3. The van der Waals surface area contributed by atoms with Gasteiger partial charge in [-0.15, -0.1) is 0 Å². The van der Waals surface area contributed by atoms with Crippen LogP contribution in [-0.4, -0.2) is 65.9 Å². The summed E-state index contributed by atoms with van der Waals surface area (Å²) in [4.78, 5) is 44.1. The molecule has 0 saturated carbocycles. The minimum Gasteiger partial charge on any atom is -0.355 e. The third kappa shape index (κ3) is 4.77. The van der Waals surface area contributed by atoms with E-state index in [-0.39, 0.29) is 24.3 Å². The summed E-state index contributed by atoms with van der Waals surface area (Å²) in [6, 6.07) is 19.5. The lowest BCUT2D eigenvalue weighted by Gasteiger charge is -2.43. The number of para-hydroxylation sites is 1. The standard InChI is InChI=1S/C26H30N4O3/c1-2-27-23(31)19-29-20-30(22-11-7-4-8-12-22)26(25(29)33)15-17-28(18-16-26)24(32)14-13-21-9-5-3-6-10-21/h3-14H,2,15-20H2,1H3,(H,27,31). The molecule has 0 radical (unpaired) electrons. The van der Waals surface area contributed by atoms with Gasteiger partial charge in [-0.1, -0.05) is 48.5 Å². The van der Waals surface area contributed by atoms with Gasteiger partial charge in [0.05, 0.1) is 6.67 Å². The molecule has 2 fully saturated rings. The number of hydrogen-bond acceptors (Lipinski definition) is 4. The molecular formula is C26H30N4O3. The van der Waals surface area contributed by atoms with Gasteiger partial charge in [0.1, 0.15) is 12.1 Å². The summed E-state index contributed by atoms with van der Waals surface area (Å²) in [6.45, 7) is 3.77. The molecule has 0 unspecified atom stereocenters. The minimum absolute atomic E-state index is 0.0375. The van der Waals surface area contributed by atoms with Crippen LogP contribution >= 0.6 is 0 Å². The van der Waals surface area contributed by atoms with Gasteiger partial charge in [-0.3, -0.25) is 14.4 Å². The molecule has 7 nitrogen and oxygen atoms in total. The fraction of sp³-hybridized carbons (Fsp3) is 0.346. The van der Waals surface area contributed by atoms with Crippen LogP contribution in [0.2, 0.25) is 0 Å². The first-order chi connectivity index (χ1) is 16.0. The van der Waals surface area contributed by atoms with Crippen LogP contribution in [0.15, 0.2) is 66.7 Å². The fourth-order valence-corrected chi connectivity index (χ4v) is 4.68. The number of likely N-dealkylation sites (tertiary alicyclic amines) is 1. The second-order valence-electron chi connectivity index (χ2n) is 8.46. The van der Waals surface area contributed by atoms with Crippen LogP contribution < -0.4 is 10.2 Å². The van der Waals surface area contributed by atoms with E-state index >= 15 is 0 Å². The van der Waals surface area contributed by atoms with Crippen molar-refractivity contribution in [2.24, 2.45) is 0 Å². The predicted molar refractivity (Wildman–Crippen MR) is 128 cm³/mol. The Hall–Kier alpha value is -3.61. The third-order valence-corrected chi connectivity index (χ3v) is 6.41. The first kappa shape index (κ1) is 22.6. The molecule has 0 aromatic heterocycles.